The smallest absolute Gasteiger partial charge is 0.364 e. The van der Waals surface area contributed by atoms with Gasteiger partial charge in [-0.05, 0) is 12.5 Å². The average molecular weight is 298 g/mol. The van der Waals surface area contributed by atoms with E-state index in [1.807, 2.05) is 0 Å². The molecule has 0 atom stereocenters. The van der Waals surface area contributed by atoms with Crippen LogP contribution in [-0.2, 0) is 11.2 Å². The molecule has 0 aromatic heterocycles. The van der Waals surface area contributed by atoms with E-state index in [0.717, 1.165) is 6.07 Å². The Kier molecular flexibility index (Phi) is 4.80. The Hall–Kier alpha value is -0.770. The molecule has 1 aromatic carbocycles. The molecule has 1 aromatic rings. The Bertz CT molecular complexity index is 441. The SMILES string of the molecule is C=CCc1cccc(F)c1OC(=O)C(Cl)(Cl)Cl. The van der Waals surface area contributed by atoms with Crippen LogP contribution in [0.2, 0.25) is 0 Å². The van der Waals surface area contributed by atoms with E-state index in [1.54, 1.807) is 12.1 Å². The number of carbonyl (C=O) groups excluding carboxylic acids is 1. The highest BCUT2D eigenvalue weighted by atomic mass is 35.6. The molecule has 0 aliphatic rings. The molecule has 0 N–H and O–H groups in total. The first-order chi connectivity index (χ1) is 7.86. The minimum atomic E-state index is -2.24. The number of benzene rings is 1. The Morgan fingerprint density at radius 3 is 2.65 bits per heavy atom. The lowest BCUT2D eigenvalue weighted by Crippen LogP contribution is -2.25. The maximum Gasteiger partial charge on any atom is 0.364 e. The van der Waals surface area contributed by atoms with Crippen molar-refractivity contribution in [1.82, 2.24) is 0 Å². The van der Waals surface area contributed by atoms with Gasteiger partial charge in [-0.25, -0.2) is 9.18 Å². The van der Waals surface area contributed by atoms with Gasteiger partial charge in [-0.2, -0.15) is 0 Å². The zero-order valence-electron chi connectivity index (χ0n) is 8.55. The van der Waals surface area contributed by atoms with Gasteiger partial charge in [-0.1, -0.05) is 53.0 Å². The predicted octanol–water partition coefficient (Wildman–Crippen LogP) is 3.83. The molecule has 0 radical (unpaired) electrons. The molecule has 0 bridgehead atoms. The third kappa shape index (κ3) is 3.87. The maximum atomic E-state index is 13.5. The van der Waals surface area contributed by atoms with Crippen molar-refractivity contribution in [3.05, 3.63) is 42.2 Å². The molecule has 0 saturated carbocycles. The second kappa shape index (κ2) is 5.71. The number of para-hydroxylation sites is 1. The van der Waals surface area contributed by atoms with Gasteiger partial charge in [0.2, 0.25) is 0 Å². The highest BCUT2D eigenvalue weighted by molar-refractivity contribution is 6.75. The number of esters is 1. The highest BCUT2D eigenvalue weighted by Crippen LogP contribution is 2.31. The lowest BCUT2D eigenvalue weighted by atomic mass is 10.1. The van der Waals surface area contributed by atoms with E-state index in [4.69, 9.17) is 39.5 Å². The van der Waals surface area contributed by atoms with E-state index in [-0.39, 0.29) is 5.75 Å². The summed E-state index contributed by atoms with van der Waals surface area (Å²) in [4.78, 5) is 11.3. The Morgan fingerprint density at radius 1 is 1.47 bits per heavy atom. The fraction of sp³-hybridized carbons (Fsp3) is 0.182. The molecule has 1 rings (SSSR count). The van der Waals surface area contributed by atoms with Crippen molar-refractivity contribution in [2.45, 2.75) is 10.2 Å². The minimum absolute atomic E-state index is 0.247. The van der Waals surface area contributed by atoms with Gasteiger partial charge in [-0.3, -0.25) is 0 Å². The van der Waals surface area contributed by atoms with E-state index in [9.17, 15) is 9.18 Å². The first-order valence-corrected chi connectivity index (χ1v) is 5.67. The van der Waals surface area contributed by atoms with Crippen LogP contribution >= 0.6 is 34.8 Å². The summed E-state index contributed by atoms with van der Waals surface area (Å²) in [5.41, 5.74) is 0.447. The van der Waals surface area contributed by atoms with Crippen LogP contribution in [-0.4, -0.2) is 9.76 Å². The van der Waals surface area contributed by atoms with Crippen LogP contribution in [0.4, 0.5) is 4.39 Å². The summed E-state index contributed by atoms with van der Waals surface area (Å²) in [6.07, 6.45) is 1.88. The van der Waals surface area contributed by atoms with Crippen LogP contribution in [0.1, 0.15) is 5.56 Å². The van der Waals surface area contributed by atoms with Crippen LogP contribution in [0.5, 0.6) is 5.75 Å². The van der Waals surface area contributed by atoms with Crippen molar-refractivity contribution in [2.75, 3.05) is 0 Å². The molecule has 0 heterocycles. The van der Waals surface area contributed by atoms with E-state index < -0.39 is 15.6 Å². The Morgan fingerprint density at radius 2 is 2.12 bits per heavy atom. The number of carbonyl (C=O) groups is 1. The maximum absolute atomic E-state index is 13.5. The Balaban J connectivity index is 3.04. The molecule has 0 amide bonds. The number of hydrogen-bond donors (Lipinski definition) is 0. The van der Waals surface area contributed by atoms with E-state index in [2.05, 4.69) is 6.58 Å². The molecular formula is C11H8Cl3FO2. The van der Waals surface area contributed by atoms with Gasteiger partial charge in [-0.15, -0.1) is 6.58 Å². The number of ether oxygens (including phenoxy) is 1. The second-order valence-electron chi connectivity index (χ2n) is 3.11. The van der Waals surface area contributed by atoms with Crippen molar-refractivity contribution < 1.29 is 13.9 Å². The van der Waals surface area contributed by atoms with Crippen molar-refractivity contribution >= 4 is 40.8 Å². The average Bonchev–Trinajstić information content (AvgIpc) is 2.22. The van der Waals surface area contributed by atoms with Crippen LogP contribution in [0.15, 0.2) is 30.9 Å². The number of halogens is 4. The summed E-state index contributed by atoms with van der Waals surface area (Å²) in [5, 5.41) is 0. The largest absolute Gasteiger partial charge is 0.420 e. The molecular weight excluding hydrogens is 289 g/mol. The lowest BCUT2D eigenvalue weighted by Gasteiger charge is -2.13. The number of hydrogen-bond acceptors (Lipinski definition) is 2. The normalized spacial score (nSPS) is 11.1. The second-order valence-corrected chi connectivity index (χ2v) is 5.39. The van der Waals surface area contributed by atoms with Crippen molar-refractivity contribution in [2.24, 2.45) is 0 Å². The van der Waals surface area contributed by atoms with E-state index in [0.29, 0.717) is 12.0 Å². The molecule has 2 nitrogen and oxygen atoms in total. The third-order valence-corrected chi connectivity index (χ3v) is 2.30. The van der Waals surface area contributed by atoms with Crippen molar-refractivity contribution in [3.8, 4) is 5.75 Å². The van der Waals surface area contributed by atoms with Gasteiger partial charge >= 0.3 is 5.97 Å². The molecule has 0 unspecified atom stereocenters. The molecule has 0 spiro atoms. The Labute approximate surface area is 113 Å². The molecule has 6 heteroatoms. The quantitative estimate of drug-likeness (QED) is 0.367. The monoisotopic (exact) mass is 296 g/mol. The van der Waals surface area contributed by atoms with Gasteiger partial charge < -0.3 is 4.74 Å². The summed E-state index contributed by atoms with van der Waals surface area (Å²) in [6, 6.07) is 4.22. The lowest BCUT2D eigenvalue weighted by molar-refractivity contribution is -0.133. The fourth-order valence-corrected chi connectivity index (χ4v) is 1.25. The summed E-state index contributed by atoms with van der Waals surface area (Å²) in [5.74, 6) is -2.10. The topological polar surface area (TPSA) is 26.3 Å². The predicted molar refractivity (Wildman–Crippen MR) is 66.2 cm³/mol. The van der Waals surface area contributed by atoms with Crippen LogP contribution in [0.25, 0.3) is 0 Å². The summed E-state index contributed by atoms with van der Waals surface area (Å²) >= 11 is 16.0. The summed E-state index contributed by atoms with van der Waals surface area (Å²) in [6.45, 7) is 3.51. The number of allylic oxidation sites excluding steroid dienone is 1. The number of rotatable bonds is 3. The molecule has 0 aliphatic heterocycles. The number of alkyl halides is 3. The highest BCUT2D eigenvalue weighted by Gasteiger charge is 2.34. The molecule has 92 valence electrons. The zero-order valence-corrected chi connectivity index (χ0v) is 10.8. The standard InChI is InChI=1S/C11H8Cl3FO2/c1-2-4-7-5-3-6-8(15)9(7)17-10(16)11(12,13)14/h2-3,5-6H,1,4H2. The zero-order chi connectivity index (χ0) is 13.1. The first kappa shape index (κ1) is 14.3. The fourth-order valence-electron chi connectivity index (χ4n) is 1.13. The van der Waals surface area contributed by atoms with E-state index in [1.165, 1.54) is 6.07 Å². The molecule has 0 saturated heterocycles. The van der Waals surface area contributed by atoms with E-state index >= 15 is 0 Å². The van der Waals surface area contributed by atoms with Gasteiger partial charge in [0.05, 0.1) is 0 Å². The third-order valence-electron chi connectivity index (χ3n) is 1.84. The van der Waals surface area contributed by atoms with Gasteiger partial charge in [0.15, 0.2) is 11.6 Å². The van der Waals surface area contributed by atoms with Crippen LogP contribution < -0.4 is 4.74 Å². The molecule has 0 fully saturated rings. The van der Waals surface area contributed by atoms with Gasteiger partial charge in [0.1, 0.15) is 0 Å². The summed E-state index contributed by atoms with van der Waals surface area (Å²) in [7, 11) is 0. The van der Waals surface area contributed by atoms with Crippen molar-refractivity contribution in [1.29, 1.82) is 0 Å². The molecule has 0 aliphatic carbocycles. The van der Waals surface area contributed by atoms with Crippen LogP contribution in [0.3, 0.4) is 0 Å². The van der Waals surface area contributed by atoms with Gasteiger partial charge in [0, 0.05) is 5.56 Å². The van der Waals surface area contributed by atoms with Crippen LogP contribution in [0, 0.1) is 5.82 Å². The van der Waals surface area contributed by atoms with Gasteiger partial charge in [0.25, 0.3) is 3.79 Å². The molecule has 17 heavy (non-hydrogen) atoms. The minimum Gasteiger partial charge on any atom is -0.420 e. The summed E-state index contributed by atoms with van der Waals surface area (Å²) < 4.78 is 16.0. The first-order valence-electron chi connectivity index (χ1n) is 4.53. The van der Waals surface area contributed by atoms with Crippen molar-refractivity contribution in [3.63, 3.8) is 0 Å².